The molecule has 0 aliphatic rings. The molecule has 0 fully saturated rings. The summed E-state index contributed by atoms with van der Waals surface area (Å²) >= 11 is 12.0. The minimum absolute atomic E-state index is 0.200. The summed E-state index contributed by atoms with van der Waals surface area (Å²) in [5.74, 6) is 0.124. The Morgan fingerprint density at radius 2 is 2.00 bits per heavy atom. The van der Waals surface area contributed by atoms with Crippen LogP contribution in [0.25, 0.3) is 0 Å². The topological polar surface area (TPSA) is 77.1 Å². The molecule has 0 aliphatic carbocycles. The lowest BCUT2D eigenvalue weighted by atomic mass is 10.1. The zero-order chi connectivity index (χ0) is 19.6. The quantitative estimate of drug-likeness (QED) is 0.685. The summed E-state index contributed by atoms with van der Waals surface area (Å²) in [6.07, 6.45) is 2.16. The van der Waals surface area contributed by atoms with E-state index in [4.69, 9.17) is 27.7 Å². The van der Waals surface area contributed by atoms with Gasteiger partial charge in [-0.2, -0.15) is 0 Å². The lowest BCUT2D eigenvalue weighted by Crippen LogP contribution is -2.21. The summed E-state index contributed by atoms with van der Waals surface area (Å²) in [6.45, 7) is 3.88. The molecule has 0 spiro atoms. The van der Waals surface area contributed by atoms with Crippen molar-refractivity contribution < 1.29 is 9.32 Å². The number of nitrogens with zero attached hydrogens (tertiary/aromatic N) is 2. The molecule has 6 nitrogen and oxygen atoms in total. The Hall–Kier alpha value is -2.57. The van der Waals surface area contributed by atoms with Gasteiger partial charge in [0.1, 0.15) is 11.3 Å². The van der Waals surface area contributed by atoms with Crippen LogP contribution in [0.15, 0.2) is 45.8 Å². The molecule has 0 atom stereocenters. The Bertz CT molecular complexity index is 1060. The summed E-state index contributed by atoms with van der Waals surface area (Å²) in [4.78, 5) is 24.7. The normalized spacial score (nSPS) is 10.8. The van der Waals surface area contributed by atoms with Crippen LogP contribution in [0.2, 0.25) is 10.0 Å². The van der Waals surface area contributed by atoms with Gasteiger partial charge >= 0.3 is 0 Å². The van der Waals surface area contributed by atoms with Gasteiger partial charge in [-0.15, -0.1) is 0 Å². The van der Waals surface area contributed by atoms with Gasteiger partial charge in [-0.1, -0.05) is 41.3 Å². The van der Waals surface area contributed by atoms with Crippen molar-refractivity contribution in [2.24, 2.45) is 0 Å². The Morgan fingerprint density at radius 3 is 2.70 bits per heavy atom. The van der Waals surface area contributed by atoms with E-state index in [1.807, 2.05) is 6.92 Å². The summed E-state index contributed by atoms with van der Waals surface area (Å²) in [5, 5.41) is 7.54. The smallest absolute Gasteiger partial charge is 0.261 e. The molecule has 3 aromatic rings. The second kappa shape index (κ2) is 7.98. The average Bonchev–Trinajstić information content (AvgIpc) is 3.02. The predicted molar refractivity (Wildman–Crippen MR) is 105 cm³/mol. The second-order valence-electron chi connectivity index (χ2n) is 6.00. The van der Waals surface area contributed by atoms with Crippen LogP contribution >= 0.6 is 23.2 Å². The van der Waals surface area contributed by atoms with Gasteiger partial charge < -0.3 is 14.4 Å². The number of amides is 1. The van der Waals surface area contributed by atoms with Gasteiger partial charge in [0, 0.05) is 12.3 Å². The number of anilines is 1. The van der Waals surface area contributed by atoms with Crippen molar-refractivity contribution in [3.8, 4) is 0 Å². The van der Waals surface area contributed by atoms with Gasteiger partial charge in [-0.3, -0.25) is 9.59 Å². The van der Waals surface area contributed by atoms with Crippen molar-refractivity contribution in [1.82, 2.24) is 9.72 Å². The lowest BCUT2D eigenvalue weighted by Gasteiger charge is -2.10. The van der Waals surface area contributed by atoms with Crippen molar-refractivity contribution >= 4 is 34.8 Å². The van der Waals surface area contributed by atoms with Crippen LogP contribution in [-0.4, -0.2) is 15.6 Å². The molecule has 3 rings (SSSR count). The van der Waals surface area contributed by atoms with Crippen LogP contribution in [0.4, 0.5) is 5.69 Å². The van der Waals surface area contributed by atoms with Crippen LogP contribution in [0, 0.1) is 6.92 Å². The first kappa shape index (κ1) is 19.2. The van der Waals surface area contributed by atoms with Gasteiger partial charge in [0.25, 0.3) is 11.5 Å². The standard InChI is InChI=1S/C19H17Cl2N3O3/c1-3-16-18(11(2)27-23-16)19(26)22-13-5-7-17(25)24(10-13)9-12-4-6-14(20)15(21)8-12/h4-8,10H,3,9H2,1-2H3,(H,22,26). The van der Waals surface area contributed by atoms with Crippen molar-refractivity contribution in [3.05, 3.63) is 79.5 Å². The van der Waals surface area contributed by atoms with Crippen LogP contribution in [-0.2, 0) is 13.0 Å². The van der Waals surface area contributed by atoms with E-state index >= 15 is 0 Å². The zero-order valence-electron chi connectivity index (χ0n) is 14.8. The highest BCUT2D eigenvalue weighted by Crippen LogP contribution is 2.23. The molecule has 8 heteroatoms. The van der Waals surface area contributed by atoms with E-state index in [0.717, 1.165) is 5.56 Å². The SMILES string of the molecule is CCc1noc(C)c1C(=O)Nc1ccc(=O)n(Cc2ccc(Cl)c(Cl)c2)c1. The van der Waals surface area contributed by atoms with E-state index in [1.54, 1.807) is 37.4 Å². The van der Waals surface area contributed by atoms with Crippen molar-refractivity contribution in [3.63, 3.8) is 0 Å². The summed E-state index contributed by atoms with van der Waals surface area (Å²) < 4.78 is 6.58. The number of pyridine rings is 1. The van der Waals surface area contributed by atoms with Crippen LogP contribution in [0.5, 0.6) is 0 Å². The second-order valence-corrected chi connectivity index (χ2v) is 6.81. The highest BCUT2D eigenvalue weighted by Gasteiger charge is 2.19. The van der Waals surface area contributed by atoms with Gasteiger partial charge in [0.15, 0.2) is 0 Å². The zero-order valence-corrected chi connectivity index (χ0v) is 16.3. The third-order valence-corrected chi connectivity index (χ3v) is 4.81. The molecular formula is C19H17Cl2N3O3. The maximum atomic E-state index is 12.6. The number of aryl methyl sites for hydroxylation is 2. The average molecular weight is 406 g/mol. The molecule has 140 valence electrons. The molecule has 2 heterocycles. The maximum absolute atomic E-state index is 12.6. The molecule has 0 bridgehead atoms. The molecule has 1 N–H and O–H groups in total. The first-order valence-electron chi connectivity index (χ1n) is 8.30. The Morgan fingerprint density at radius 1 is 1.22 bits per heavy atom. The van der Waals surface area contributed by atoms with E-state index in [-0.39, 0.29) is 11.5 Å². The fourth-order valence-electron chi connectivity index (χ4n) is 2.71. The Kier molecular flexibility index (Phi) is 5.68. The van der Waals surface area contributed by atoms with Crippen LogP contribution in [0.1, 0.15) is 34.3 Å². The number of carbonyl (C=O) groups is 1. The Labute approximate surface area is 165 Å². The Balaban J connectivity index is 1.84. The number of hydrogen-bond acceptors (Lipinski definition) is 4. The van der Waals surface area contributed by atoms with E-state index in [2.05, 4.69) is 10.5 Å². The highest BCUT2D eigenvalue weighted by atomic mass is 35.5. The van der Waals surface area contributed by atoms with Crippen molar-refractivity contribution in [2.75, 3.05) is 5.32 Å². The largest absolute Gasteiger partial charge is 0.361 e. The number of benzene rings is 1. The van der Waals surface area contributed by atoms with Gasteiger partial charge in [-0.25, -0.2) is 0 Å². The first-order chi connectivity index (χ1) is 12.9. The van der Waals surface area contributed by atoms with E-state index in [9.17, 15) is 9.59 Å². The van der Waals surface area contributed by atoms with Crippen molar-refractivity contribution in [1.29, 1.82) is 0 Å². The van der Waals surface area contributed by atoms with Gasteiger partial charge in [0.05, 0.1) is 28.0 Å². The van der Waals surface area contributed by atoms with E-state index < -0.39 is 0 Å². The molecule has 0 saturated heterocycles. The minimum Gasteiger partial charge on any atom is -0.361 e. The molecule has 0 aliphatic heterocycles. The number of rotatable bonds is 5. The first-order valence-corrected chi connectivity index (χ1v) is 9.05. The summed E-state index contributed by atoms with van der Waals surface area (Å²) in [5.41, 5.74) is 2.11. The summed E-state index contributed by atoms with van der Waals surface area (Å²) in [7, 11) is 0. The molecular weight excluding hydrogens is 389 g/mol. The molecule has 0 unspecified atom stereocenters. The molecule has 0 radical (unpaired) electrons. The lowest BCUT2D eigenvalue weighted by molar-refractivity contribution is 0.102. The monoisotopic (exact) mass is 405 g/mol. The summed E-state index contributed by atoms with van der Waals surface area (Å²) in [6, 6.07) is 8.13. The van der Waals surface area contributed by atoms with Crippen molar-refractivity contribution in [2.45, 2.75) is 26.8 Å². The van der Waals surface area contributed by atoms with Crippen LogP contribution in [0.3, 0.4) is 0 Å². The third kappa shape index (κ3) is 4.23. The third-order valence-electron chi connectivity index (χ3n) is 4.07. The molecule has 27 heavy (non-hydrogen) atoms. The van der Waals surface area contributed by atoms with Crippen LogP contribution < -0.4 is 10.9 Å². The predicted octanol–water partition coefficient (Wildman–Crippen LogP) is 4.31. The number of nitrogens with one attached hydrogen (secondary N) is 1. The maximum Gasteiger partial charge on any atom is 0.261 e. The molecule has 1 amide bonds. The minimum atomic E-state index is -0.328. The van der Waals surface area contributed by atoms with E-state index in [0.29, 0.717) is 45.7 Å². The van der Waals surface area contributed by atoms with Gasteiger partial charge in [0.2, 0.25) is 0 Å². The highest BCUT2D eigenvalue weighted by molar-refractivity contribution is 6.42. The fraction of sp³-hybridized carbons (Fsp3) is 0.211. The molecule has 1 aromatic carbocycles. The molecule has 0 saturated carbocycles. The molecule has 2 aromatic heterocycles. The fourth-order valence-corrected chi connectivity index (χ4v) is 3.03. The number of halogens is 2. The van der Waals surface area contributed by atoms with E-state index in [1.165, 1.54) is 10.6 Å². The van der Waals surface area contributed by atoms with Gasteiger partial charge in [-0.05, 0) is 37.1 Å². The number of carbonyl (C=O) groups excluding carboxylic acids is 1. The number of hydrogen-bond donors (Lipinski definition) is 1. The number of aromatic nitrogens is 2.